The van der Waals surface area contributed by atoms with E-state index < -0.39 is 11.2 Å². The Labute approximate surface area is 159 Å². The molecular weight excluding hydrogens is 344 g/mol. The molecule has 1 unspecified atom stereocenters. The summed E-state index contributed by atoms with van der Waals surface area (Å²) < 4.78 is 2.26. The first-order valence-electron chi connectivity index (χ1n) is 9.17. The third-order valence-electron chi connectivity index (χ3n) is 4.76. The van der Waals surface area contributed by atoms with Gasteiger partial charge in [0.25, 0.3) is 5.56 Å². The predicted octanol–water partition coefficient (Wildman–Crippen LogP) is 0.0536. The number of likely N-dealkylation sites (N-methyl/N-ethyl adjacent to an activating group) is 1. The zero-order chi connectivity index (χ0) is 20.3. The maximum atomic E-state index is 12.8. The van der Waals surface area contributed by atoms with Crippen LogP contribution in [0.1, 0.15) is 40.4 Å². The number of Topliss-reactive ketones (excluding diaryl/α,β-unsaturated/α-hetero) is 1. The number of nitrogens with zero attached hydrogens (tertiary/aromatic N) is 2. The van der Waals surface area contributed by atoms with Crippen molar-refractivity contribution in [2.24, 2.45) is 7.05 Å². The van der Waals surface area contributed by atoms with Gasteiger partial charge in [-0.2, -0.15) is 0 Å². The number of carbonyl (C=O) groups is 1. The number of rotatable bonds is 7. The monoisotopic (exact) mass is 373 g/mol. The van der Waals surface area contributed by atoms with Gasteiger partial charge >= 0.3 is 5.69 Å². The standard InChI is InChI=1S/C20H28N4O3/c1-6-9-24-18(21)17(19(26)23(5)20(24)27)16(25)12-22(4)11-15-8-7-13(2)10-14(15)3/h7-8,10H,6,9,11-12,21H2,1-5H3/p+1. The van der Waals surface area contributed by atoms with Gasteiger partial charge in [0.1, 0.15) is 24.5 Å². The first kappa shape index (κ1) is 20.6. The summed E-state index contributed by atoms with van der Waals surface area (Å²) in [6.07, 6.45) is 0.674. The molecule has 0 aliphatic carbocycles. The van der Waals surface area contributed by atoms with E-state index in [9.17, 15) is 14.4 Å². The van der Waals surface area contributed by atoms with E-state index in [2.05, 4.69) is 12.1 Å². The molecule has 1 atom stereocenters. The average molecular weight is 373 g/mol. The van der Waals surface area contributed by atoms with Crippen molar-refractivity contribution in [3.63, 3.8) is 0 Å². The Balaban J connectivity index is 2.30. The second-order valence-electron chi connectivity index (χ2n) is 7.22. The lowest BCUT2D eigenvalue weighted by molar-refractivity contribution is -0.884. The third-order valence-corrected chi connectivity index (χ3v) is 4.76. The second kappa shape index (κ2) is 8.35. The Kier molecular flexibility index (Phi) is 6.38. The Morgan fingerprint density at radius 2 is 1.89 bits per heavy atom. The molecule has 2 rings (SSSR count). The van der Waals surface area contributed by atoms with Crippen LogP contribution in [0, 0.1) is 13.8 Å². The summed E-state index contributed by atoms with van der Waals surface area (Å²) in [4.78, 5) is 38.5. The molecule has 1 aromatic carbocycles. The summed E-state index contributed by atoms with van der Waals surface area (Å²) in [5.74, 6) is -0.380. The SMILES string of the molecule is CCCn1c(N)c(C(=O)C[NH+](C)Cc2ccc(C)cc2C)c(=O)n(C)c1=O. The molecule has 0 radical (unpaired) electrons. The van der Waals surface area contributed by atoms with Crippen LogP contribution in [-0.2, 0) is 20.1 Å². The van der Waals surface area contributed by atoms with Crippen molar-refractivity contribution in [3.05, 3.63) is 61.3 Å². The highest BCUT2D eigenvalue weighted by atomic mass is 16.2. The molecule has 1 heterocycles. The van der Waals surface area contributed by atoms with Gasteiger partial charge in [0.15, 0.2) is 0 Å². The van der Waals surface area contributed by atoms with E-state index in [1.54, 1.807) is 0 Å². The number of aryl methyl sites for hydroxylation is 2. The number of nitrogens with two attached hydrogens (primary N) is 1. The molecule has 0 spiro atoms. The van der Waals surface area contributed by atoms with Gasteiger partial charge in [0.2, 0.25) is 5.78 Å². The highest BCUT2D eigenvalue weighted by Gasteiger charge is 2.24. The normalized spacial score (nSPS) is 12.2. The van der Waals surface area contributed by atoms with Crippen LogP contribution in [0.5, 0.6) is 0 Å². The lowest BCUT2D eigenvalue weighted by Crippen LogP contribution is -3.08. The molecule has 0 bridgehead atoms. The quantitative estimate of drug-likeness (QED) is 0.671. The maximum absolute atomic E-state index is 12.8. The molecule has 0 saturated carbocycles. The molecule has 2 aromatic rings. The average Bonchev–Trinajstić information content (AvgIpc) is 2.59. The number of nitrogen functional groups attached to an aromatic ring is 1. The minimum Gasteiger partial charge on any atom is -0.384 e. The van der Waals surface area contributed by atoms with Crippen LogP contribution >= 0.6 is 0 Å². The van der Waals surface area contributed by atoms with E-state index >= 15 is 0 Å². The van der Waals surface area contributed by atoms with E-state index in [1.807, 2.05) is 33.9 Å². The highest BCUT2D eigenvalue weighted by molar-refractivity contribution is 6.00. The summed E-state index contributed by atoms with van der Waals surface area (Å²) in [6, 6.07) is 6.22. The van der Waals surface area contributed by atoms with Gasteiger partial charge in [-0.25, -0.2) is 4.79 Å². The topological polar surface area (TPSA) is 91.5 Å². The Morgan fingerprint density at radius 3 is 2.48 bits per heavy atom. The summed E-state index contributed by atoms with van der Waals surface area (Å²) in [5.41, 5.74) is 8.34. The van der Waals surface area contributed by atoms with E-state index in [1.165, 1.54) is 22.7 Å². The largest absolute Gasteiger partial charge is 0.384 e. The minimum atomic E-state index is -0.630. The van der Waals surface area contributed by atoms with Crippen molar-refractivity contribution in [1.82, 2.24) is 9.13 Å². The molecule has 0 amide bonds. The summed E-state index contributed by atoms with van der Waals surface area (Å²) >= 11 is 0. The molecular formula is C20H29N4O3+. The number of quaternary nitrogens is 1. The van der Waals surface area contributed by atoms with Gasteiger partial charge in [-0.1, -0.05) is 30.7 Å². The minimum absolute atomic E-state index is 0.0331. The zero-order valence-electron chi connectivity index (χ0n) is 16.8. The number of ketones is 1. The van der Waals surface area contributed by atoms with Crippen LogP contribution in [0.25, 0.3) is 0 Å². The molecule has 3 N–H and O–H groups in total. The Hall–Kier alpha value is -2.67. The molecule has 0 aliphatic rings. The lowest BCUT2D eigenvalue weighted by Gasteiger charge is -2.17. The van der Waals surface area contributed by atoms with Crippen molar-refractivity contribution in [2.45, 2.75) is 40.3 Å². The molecule has 27 heavy (non-hydrogen) atoms. The predicted molar refractivity (Wildman–Crippen MR) is 106 cm³/mol. The maximum Gasteiger partial charge on any atom is 0.332 e. The van der Waals surface area contributed by atoms with Crippen molar-refractivity contribution < 1.29 is 9.69 Å². The number of benzene rings is 1. The van der Waals surface area contributed by atoms with Gasteiger partial charge in [-0.15, -0.1) is 0 Å². The van der Waals surface area contributed by atoms with Crippen LogP contribution in [0.3, 0.4) is 0 Å². The van der Waals surface area contributed by atoms with E-state index in [4.69, 9.17) is 5.73 Å². The fourth-order valence-electron chi connectivity index (χ4n) is 3.28. The fraction of sp³-hybridized carbons (Fsp3) is 0.450. The first-order valence-corrected chi connectivity index (χ1v) is 9.17. The van der Waals surface area contributed by atoms with E-state index in [0.717, 1.165) is 15.0 Å². The second-order valence-corrected chi connectivity index (χ2v) is 7.22. The van der Waals surface area contributed by atoms with Crippen molar-refractivity contribution in [2.75, 3.05) is 19.3 Å². The fourth-order valence-corrected chi connectivity index (χ4v) is 3.28. The molecule has 1 aromatic heterocycles. The molecule has 146 valence electrons. The molecule has 0 fully saturated rings. The lowest BCUT2D eigenvalue weighted by atomic mass is 10.1. The number of nitrogens with one attached hydrogen (secondary N) is 1. The van der Waals surface area contributed by atoms with Gasteiger partial charge in [-0.3, -0.25) is 18.7 Å². The third kappa shape index (κ3) is 4.36. The first-order chi connectivity index (χ1) is 12.7. The summed E-state index contributed by atoms with van der Waals surface area (Å²) in [6.45, 7) is 7.14. The van der Waals surface area contributed by atoms with Gasteiger partial charge in [0.05, 0.1) is 7.05 Å². The molecule has 7 heteroatoms. The molecule has 0 saturated heterocycles. The highest BCUT2D eigenvalue weighted by Crippen LogP contribution is 2.09. The number of hydrogen-bond acceptors (Lipinski definition) is 4. The van der Waals surface area contributed by atoms with Crippen LogP contribution < -0.4 is 21.9 Å². The number of aromatic nitrogens is 2. The van der Waals surface area contributed by atoms with Gasteiger partial charge in [-0.05, 0) is 25.8 Å². The number of hydrogen-bond donors (Lipinski definition) is 2. The van der Waals surface area contributed by atoms with E-state index in [-0.39, 0.29) is 23.7 Å². The van der Waals surface area contributed by atoms with Crippen molar-refractivity contribution >= 4 is 11.6 Å². The van der Waals surface area contributed by atoms with Gasteiger partial charge < -0.3 is 10.6 Å². The Bertz CT molecular complexity index is 972. The summed E-state index contributed by atoms with van der Waals surface area (Å²) in [5, 5.41) is 0. The van der Waals surface area contributed by atoms with Crippen LogP contribution in [0.15, 0.2) is 27.8 Å². The smallest absolute Gasteiger partial charge is 0.332 e. The summed E-state index contributed by atoms with van der Waals surface area (Å²) in [7, 11) is 3.28. The molecule has 7 nitrogen and oxygen atoms in total. The van der Waals surface area contributed by atoms with E-state index in [0.29, 0.717) is 19.5 Å². The van der Waals surface area contributed by atoms with Crippen LogP contribution in [-0.4, -0.2) is 28.5 Å². The van der Waals surface area contributed by atoms with Crippen molar-refractivity contribution in [1.29, 1.82) is 0 Å². The number of carbonyl (C=O) groups excluding carboxylic acids is 1. The molecule has 0 aliphatic heterocycles. The zero-order valence-corrected chi connectivity index (χ0v) is 16.8. The van der Waals surface area contributed by atoms with Crippen LogP contribution in [0.4, 0.5) is 5.82 Å². The Morgan fingerprint density at radius 1 is 1.22 bits per heavy atom. The van der Waals surface area contributed by atoms with Gasteiger partial charge in [0, 0.05) is 19.2 Å². The van der Waals surface area contributed by atoms with Crippen LogP contribution in [0.2, 0.25) is 0 Å². The number of anilines is 1. The van der Waals surface area contributed by atoms with Crippen molar-refractivity contribution in [3.8, 4) is 0 Å².